The summed E-state index contributed by atoms with van der Waals surface area (Å²) < 4.78 is 39.0. The van der Waals surface area contributed by atoms with Crippen LogP contribution in [0.1, 0.15) is 48.9 Å². The first-order valence-corrected chi connectivity index (χ1v) is 13.8. The lowest BCUT2D eigenvalue weighted by molar-refractivity contribution is -0.136. The predicted molar refractivity (Wildman–Crippen MR) is 146 cm³/mol. The van der Waals surface area contributed by atoms with E-state index in [0.29, 0.717) is 6.42 Å². The minimum atomic E-state index is -1.30. The molecule has 0 radical (unpaired) electrons. The van der Waals surface area contributed by atoms with Crippen molar-refractivity contribution in [2.75, 3.05) is 39.9 Å². The number of carbonyl (C=O) groups is 3. The quantitative estimate of drug-likeness (QED) is 0.402. The fourth-order valence-corrected chi connectivity index (χ4v) is 6.07. The van der Waals surface area contributed by atoms with Gasteiger partial charge in [-0.25, -0.2) is 28.1 Å². The molecule has 0 bridgehead atoms. The number of methoxy groups -OCH3 is 1. The molecule has 11 heteroatoms. The van der Waals surface area contributed by atoms with Crippen molar-refractivity contribution >= 4 is 18.0 Å². The highest BCUT2D eigenvalue weighted by molar-refractivity contribution is 6.01. The molecule has 1 spiro atoms. The summed E-state index contributed by atoms with van der Waals surface area (Å²) in [6.45, 7) is 4.94. The third-order valence-electron chi connectivity index (χ3n) is 8.18. The van der Waals surface area contributed by atoms with Crippen LogP contribution in [0.25, 0.3) is 0 Å². The molecule has 2 aromatic rings. The molecule has 0 aliphatic carbocycles. The molecule has 41 heavy (non-hydrogen) atoms. The van der Waals surface area contributed by atoms with E-state index in [1.807, 2.05) is 0 Å². The van der Waals surface area contributed by atoms with Crippen LogP contribution in [0.4, 0.5) is 18.4 Å². The molecule has 2 N–H and O–H groups in total. The van der Waals surface area contributed by atoms with Crippen molar-refractivity contribution in [1.29, 1.82) is 0 Å². The van der Waals surface area contributed by atoms with E-state index in [0.717, 1.165) is 69.6 Å². The second-order valence-corrected chi connectivity index (χ2v) is 10.6. The number of amides is 4. The van der Waals surface area contributed by atoms with Gasteiger partial charge in [-0.3, -0.25) is 0 Å². The number of allylic oxidation sites excluding steroid dienone is 1. The van der Waals surface area contributed by atoms with Gasteiger partial charge in [-0.2, -0.15) is 0 Å². The average molecular weight is 569 g/mol. The van der Waals surface area contributed by atoms with Gasteiger partial charge < -0.3 is 25.0 Å². The lowest BCUT2D eigenvalue weighted by atomic mass is 9.79. The maximum Gasteiger partial charge on any atom is 0.337 e. The van der Waals surface area contributed by atoms with Gasteiger partial charge in [-0.15, -0.1) is 0 Å². The number of imide groups is 1. The zero-order valence-electron chi connectivity index (χ0n) is 23.2. The Kier molecular flexibility index (Phi) is 8.37. The van der Waals surface area contributed by atoms with Gasteiger partial charge in [0.25, 0.3) is 0 Å². The molecule has 3 aliphatic heterocycles. The first kappa shape index (κ1) is 28.7. The number of likely N-dealkylation sites (tertiary alicyclic amines) is 1. The van der Waals surface area contributed by atoms with Gasteiger partial charge in [0, 0.05) is 25.3 Å². The smallest absolute Gasteiger partial charge is 0.337 e. The first-order valence-electron chi connectivity index (χ1n) is 13.8. The minimum Gasteiger partial charge on any atom is -0.466 e. The Labute approximate surface area is 237 Å². The van der Waals surface area contributed by atoms with Gasteiger partial charge in [-0.1, -0.05) is 30.3 Å². The van der Waals surface area contributed by atoms with E-state index >= 15 is 0 Å². The summed E-state index contributed by atoms with van der Waals surface area (Å²) >= 11 is 0. The third kappa shape index (κ3) is 5.69. The molecule has 1 atom stereocenters. The van der Waals surface area contributed by atoms with Crippen molar-refractivity contribution in [3.05, 3.63) is 82.1 Å². The van der Waals surface area contributed by atoms with Crippen molar-refractivity contribution in [3.8, 4) is 0 Å². The van der Waals surface area contributed by atoms with Crippen LogP contribution < -0.4 is 10.6 Å². The molecule has 2 aromatic carbocycles. The number of ether oxygens (including phenoxy) is 2. The lowest BCUT2D eigenvalue weighted by Gasteiger charge is -2.45. The molecule has 3 aliphatic rings. The summed E-state index contributed by atoms with van der Waals surface area (Å²) in [6.07, 6.45) is 3.34. The number of urea groups is 2. The number of nitrogens with one attached hydrogen (secondary N) is 2. The van der Waals surface area contributed by atoms with Crippen LogP contribution in [0.2, 0.25) is 0 Å². The van der Waals surface area contributed by atoms with Gasteiger partial charge in [0.2, 0.25) is 0 Å². The minimum absolute atomic E-state index is 0.0537. The Morgan fingerprint density at radius 1 is 1.15 bits per heavy atom. The summed E-state index contributed by atoms with van der Waals surface area (Å²) in [7, 11) is 1.16. The first-order chi connectivity index (χ1) is 19.7. The van der Waals surface area contributed by atoms with Crippen molar-refractivity contribution in [3.63, 3.8) is 0 Å². The Bertz CT molecular complexity index is 1370. The molecule has 218 valence electrons. The topological polar surface area (TPSA) is 100 Å². The van der Waals surface area contributed by atoms with Crippen LogP contribution in [0, 0.1) is 11.6 Å². The molecule has 9 nitrogen and oxygen atoms in total. The SMILES string of the molecule is COC(=O)C1=C(C)NC(=O)N(C(=O)NCCCN2CCC3(CC2)OCCc2ccccc23)C1c1ccc(F)c(F)c1. The van der Waals surface area contributed by atoms with Gasteiger partial charge >= 0.3 is 18.0 Å². The predicted octanol–water partition coefficient (Wildman–Crippen LogP) is 4.14. The normalized spacial score (nSPS) is 20.4. The molecular formula is C30H34F2N4O5. The third-order valence-corrected chi connectivity index (χ3v) is 8.18. The number of piperidine rings is 1. The van der Waals surface area contributed by atoms with E-state index in [9.17, 15) is 23.2 Å². The van der Waals surface area contributed by atoms with Crippen molar-refractivity contribution in [2.24, 2.45) is 0 Å². The zero-order chi connectivity index (χ0) is 29.1. The number of hydrogen-bond acceptors (Lipinski definition) is 6. The molecule has 1 fully saturated rings. The monoisotopic (exact) mass is 568 g/mol. The Balaban J connectivity index is 1.21. The van der Waals surface area contributed by atoms with Crippen LogP contribution >= 0.6 is 0 Å². The summed E-state index contributed by atoms with van der Waals surface area (Å²) in [6, 6.07) is 8.61. The van der Waals surface area contributed by atoms with Crippen LogP contribution in [0.3, 0.4) is 0 Å². The van der Waals surface area contributed by atoms with E-state index in [2.05, 4.69) is 39.8 Å². The zero-order valence-corrected chi connectivity index (χ0v) is 23.2. The maximum atomic E-state index is 14.1. The van der Waals surface area contributed by atoms with Crippen LogP contribution in [-0.2, 0) is 26.3 Å². The lowest BCUT2D eigenvalue weighted by Crippen LogP contribution is -2.54. The largest absolute Gasteiger partial charge is 0.466 e. The molecule has 1 saturated heterocycles. The number of benzene rings is 2. The number of nitrogens with zero attached hydrogens (tertiary/aromatic N) is 2. The summed E-state index contributed by atoms with van der Waals surface area (Å²) in [5, 5.41) is 5.24. The number of carbonyl (C=O) groups excluding carboxylic acids is 3. The Morgan fingerprint density at radius 2 is 1.90 bits per heavy atom. The number of hydrogen-bond donors (Lipinski definition) is 2. The van der Waals surface area contributed by atoms with Gasteiger partial charge in [0.15, 0.2) is 11.6 Å². The van der Waals surface area contributed by atoms with Crippen LogP contribution in [0.15, 0.2) is 53.7 Å². The van der Waals surface area contributed by atoms with E-state index in [1.54, 1.807) is 0 Å². The molecule has 1 unspecified atom stereocenters. The van der Waals surface area contributed by atoms with Crippen molar-refractivity contribution in [1.82, 2.24) is 20.4 Å². The fraction of sp³-hybridized carbons (Fsp3) is 0.433. The molecule has 5 rings (SSSR count). The maximum absolute atomic E-state index is 14.1. The van der Waals surface area contributed by atoms with Crippen molar-refractivity contribution < 1.29 is 32.6 Å². The molecule has 0 saturated carbocycles. The fourth-order valence-electron chi connectivity index (χ4n) is 6.07. The number of rotatable bonds is 6. The van der Waals surface area contributed by atoms with Crippen LogP contribution in [-0.4, -0.2) is 67.7 Å². The number of esters is 1. The summed E-state index contributed by atoms with van der Waals surface area (Å²) in [5.74, 6) is -3.06. The summed E-state index contributed by atoms with van der Waals surface area (Å²) in [5.41, 5.74) is 2.58. The molecule has 4 amide bonds. The highest BCUT2D eigenvalue weighted by atomic mass is 19.2. The van der Waals surface area contributed by atoms with E-state index < -0.39 is 35.7 Å². The highest BCUT2D eigenvalue weighted by Gasteiger charge is 2.43. The average Bonchev–Trinajstić information content (AvgIpc) is 2.97. The van der Waals surface area contributed by atoms with Gasteiger partial charge in [0.05, 0.1) is 24.9 Å². The van der Waals surface area contributed by atoms with Crippen molar-refractivity contribution in [2.45, 2.75) is 44.2 Å². The standard InChI is InChI=1S/C30H34F2N4O5/c1-19-25(27(37)40-2)26(21-8-9-23(31)24(32)18-21)36(29(39)34-19)28(38)33-13-5-14-35-15-11-30(12-16-35)22-7-4-3-6-20(22)10-17-41-30/h3-4,6-9,18,26H,5,10-17H2,1-2H3,(H,33,38)(H,34,39). The van der Waals surface area contributed by atoms with E-state index in [-0.39, 0.29) is 29.0 Å². The number of fused-ring (bicyclic) bond motifs is 2. The Morgan fingerprint density at radius 3 is 2.63 bits per heavy atom. The molecule has 3 heterocycles. The van der Waals surface area contributed by atoms with Gasteiger partial charge in [-0.05, 0) is 68.0 Å². The van der Waals surface area contributed by atoms with Gasteiger partial charge in [0.1, 0.15) is 6.04 Å². The second kappa shape index (κ2) is 12.0. The second-order valence-electron chi connectivity index (χ2n) is 10.6. The van der Waals surface area contributed by atoms with E-state index in [1.165, 1.54) is 24.1 Å². The van der Waals surface area contributed by atoms with E-state index in [4.69, 9.17) is 9.47 Å². The van der Waals surface area contributed by atoms with Crippen LogP contribution in [0.5, 0.6) is 0 Å². The Hall–Kier alpha value is -3.83. The summed E-state index contributed by atoms with van der Waals surface area (Å²) in [4.78, 5) is 42.0. The highest BCUT2D eigenvalue weighted by Crippen LogP contribution is 2.41. The molecule has 0 aromatic heterocycles. The molecular weight excluding hydrogens is 534 g/mol. The number of halogens is 2.